The second kappa shape index (κ2) is 17.5. The number of nitrogens with two attached hydrogens (primary N) is 4. The smallest absolute Gasteiger partial charge is 0.326 e. The summed E-state index contributed by atoms with van der Waals surface area (Å²) in [7, 11) is 0. The summed E-state index contributed by atoms with van der Waals surface area (Å²) >= 11 is 0. The first-order chi connectivity index (χ1) is 18.4. The Kier molecular flexibility index (Phi) is 14.8. The molecule has 0 bridgehead atoms. The van der Waals surface area contributed by atoms with Crippen LogP contribution in [0.3, 0.4) is 0 Å². The van der Waals surface area contributed by atoms with E-state index >= 15 is 0 Å². The van der Waals surface area contributed by atoms with Crippen LogP contribution in [0.2, 0.25) is 0 Å². The number of aliphatic carboxylic acids is 1. The van der Waals surface area contributed by atoms with E-state index in [4.69, 9.17) is 22.9 Å². The largest absolute Gasteiger partial charge is 0.480 e. The van der Waals surface area contributed by atoms with E-state index in [-0.39, 0.29) is 32.1 Å². The van der Waals surface area contributed by atoms with Crippen LogP contribution in [-0.4, -0.2) is 71.3 Å². The van der Waals surface area contributed by atoms with Crippen LogP contribution in [0.4, 0.5) is 0 Å². The zero-order valence-electron chi connectivity index (χ0n) is 21.8. The Labute approximate surface area is 226 Å². The van der Waals surface area contributed by atoms with Crippen molar-refractivity contribution in [2.75, 3.05) is 6.54 Å². The van der Waals surface area contributed by atoms with Gasteiger partial charge in [-0.15, -0.1) is 0 Å². The number of rotatable bonds is 19. The van der Waals surface area contributed by atoms with Gasteiger partial charge in [-0.25, -0.2) is 4.79 Å². The van der Waals surface area contributed by atoms with Crippen LogP contribution in [0.15, 0.2) is 30.3 Å². The fraction of sp³-hybridized carbons (Fsp3) is 0.520. The topological polar surface area (TPSA) is 263 Å². The summed E-state index contributed by atoms with van der Waals surface area (Å²) < 4.78 is 0. The lowest BCUT2D eigenvalue weighted by atomic mass is 10.0. The van der Waals surface area contributed by atoms with Gasteiger partial charge in [0.1, 0.15) is 18.1 Å². The molecule has 0 fully saturated rings. The molecule has 1 aromatic rings. The van der Waals surface area contributed by atoms with Gasteiger partial charge in [0.05, 0.1) is 6.04 Å². The van der Waals surface area contributed by atoms with Gasteiger partial charge in [-0.05, 0) is 37.8 Å². The molecule has 0 saturated carbocycles. The van der Waals surface area contributed by atoms with Crippen LogP contribution in [0.5, 0.6) is 0 Å². The third kappa shape index (κ3) is 13.4. The molecule has 1 aromatic carbocycles. The van der Waals surface area contributed by atoms with Gasteiger partial charge >= 0.3 is 5.97 Å². The molecule has 1 rings (SSSR count). The van der Waals surface area contributed by atoms with Crippen LogP contribution in [-0.2, 0) is 35.2 Å². The SMILES string of the molecule is NCCCCC(N)C(=O)NC(Cc1ccccc1)C(=O)NC(CCC(N)=O)C(=O)NC(CCC(N)=O)C(=O)O. The van der Waals surface area contributed by atoms with E-state index in [2.05, 4.69) is 16.0 Å². The predicted molar refractivity (Wildman–Crippen MR) is 141 cm³/mol. The molecule has 0 heterocycles. The van der Waals surface area contributed by atoms with E-state index in [1.807, 2.05) is 0 Å². The molecular weight excluding hydrogens is 510 g/mol. The quantitative estimate of drug-likeness (QED) is 0.0865. The van der Waals surface area contributed by atoms with Gasteiger partial charge in [0.25, 0.3) is 0 Å². The van der Waals surface area contributed by atoms with Crippen molar-refractivity contribution in [3.8, 4) is 0 Å². The fourth-order valence-electron chi connectivity index (χ4n) is 3.62. The normalized spacial score (nSPS) is 13.8. The maximum atomic E-state index is 13.3. The summed E-state index contributed by atoms with van der Waals surface area (Å²) in [4.78, 5) is 73.0. The Bertz CT molecular complexity index is 990. The third-order valence-electron chi connectivity index (χ3n) is 5.83. The van der Waals surface area contributed by atoms with Crippen LogP contribution in [0.25, 0.3) is 0 Å². The van der Waals surface area contributed by atoms with Gasteiger partial charge in [-0.3, -0.25) is 24.0 Å². The van der Waals surface area contributed by atoms with E-state index in [1.165, 1.54) is 0 Å². The lowest BCUT2D eigenvalue weighted by Gasteiger charge is -2.25. The van der Waals surface area contributed by atoms with E-state index < -0.39 is 59.7 Å². The van der Waals surface area contributed by atoms with Gasteiger partial charge in [0.2, 0.25) is 29.5 Å². The zero-order chi connectivity index (χ0) is 29.4. The standard InChI is InChI=1S/C25H39N7O7/c26-13-5-4-8-16(27)22(35)32-19(14-15-6-2-1-3-7-15)24(37)30-17(9-11-20(28)33)23(36)31-18(25(38)39)10-12-21(29)34/h1-3,6-7,16-19H,4-5,8-14,26-27H2,(H2,28,33)(H2,29,34)(H,30,37)(H,31,36)(H,32,35)(H,38,39). The molecule has 12 N–H and O–H groups in total. The number of carbonyl (C=O) groups excluding carboxylic acids is 5. The van der Waals surface area contributed by atoms with Crippen molar-refractivity contribution in [2.24, 2.45) is 22.9 Å². The number of carbonyl (C=O) groups is 6. The minimum atomic E-state index is -1.47. The number of unbranched alkanes of at least 4 members (excludes halogenated alkanes) is 1. The summed E-state index contributed by atoms with van der Waals surface area (Å²) in [5.74, 6) is -5.15. The van der Waals surface area contributed by atoms with Gasteiger partial charge in [-0.1, -0.05) is 36.8 Å². The van der Waals surface area contributed by atoms with Gasteiger partial charge < -0.3 is 44.0 Å². The summed E-state index contributed by atoms with van der Waals surface area (Å²) in [5.41, 5.74) is 22.4. The number of hydrogen-bond acceptors (Lipinski definition) is 8. The van der Waals surface area contributed by atoms with Crippen molar-refractivity contribution in [3.63, 3.8) is 0 Å². The zero-order valence-corrected chi connectivity index (χ0v) is 21.8. The summed E-state index contributed by atoms with van der Waals surface area (Å²) in [6.45, 7) is 0.452. The number of carboxylic acid groups (broad SMARTS) is 1. The molecule has 14 heteroatoms. The molecule has 0 saturated heterocycles. The molecule has 216 valence electrons. The Hall–Kier alpha value is -4.04. The number of carboxylic acids is 1. The van der Waals surface area contributed by atoms with Crippen LogP contribution in [0.1, 0.15) is 50.5 Å². The number of amides is 5. The Balaban J connectivity index is 3.09. The molecule has 4 unspecified atom stereocenters. The van der Waals surface area contributed by atoms with Crippen molar-refractivity contribution >= 4 is 35.5 Å². The Morgan fingerprint density at radius 2 is 1.23 bits per heavy atom. The molecule has 0 aromatic heterocycles. The Morgan fingerprint density at radius 3 is 1.77 bits per heavy atom. The minimum Gasteiger partial charge on any atom is -0.480 e. The number of benzene rings is 1. The van der Waals surface area contributed by atoms with Crippen LogP contribution >= 0.6 is 0 Å². The number of hydrogen-bond donors (Lipinski definition) is 8. The molecule has 5 amide bonds. The van der Waals surface area contributed by atoms with Crippen molar-refractivity contribution in [1.29, 1.82) is 0 Å². The highest BCUT2D eigenvalue weighted by Crippen LogP contribution is 2.08. The molecule has 14 nitrogen and oxygen atoms in total. The van der Waals surface area contributed by atoms with Crippen molar-refractivity contribution in [3.05, 3.63) is 35.9 Å². The average Bonchev–Trinajstić information content (AvgIpc) is 2.88. The first-order valence-corrected chi connectivity index (χ1v) is 12.6. The lowest BCUT2D eigenvalue weighted by Crippen LogP contribution is -2.57. The second-order valence-corrected chi connectivity index (χ2v) is 9.11. The molecule has 0 aliphatic carbocycles. The Morgan fingerprint density at radius 1 is 0.718 bits per heavy atom. The molecule has 4 atom stereocenters. The average molecular weight is 550 g/mol. The fourth-order valence-corrected chi connectivity index (χ4v) is 3.62. The van der Waals surface area contributed by atoms with Crippen molar-refractivity contribution < 1.29 is 33.9 Å². The monoisotopic (exact) mass is 549 g/mol. The first-order valence-electron chi connectivity index (χ1n) is 12.6. The van der Waals surface area contributed by atoms with E-state index in [1.54, 1.807) is 30.3 Å². The third-order valence-corrected chi connectivity index (χ3v) is 5.83. The summed E-state index contributed by atoms with van der Waals surface area (Å²) in [6.07, 6.45) is 0.619. The molecule has 0 spiro atoms. The van der Waals surface area contributed by atoms with Crippen molar-refractivity contribution in [2.45, 2.75) is 75.5 Å². The summed E-state index contributed by atoms with van der Waals surface area (Å²) in [5, 5.41) is 16.7. The van der Waals surface area contributed by atoms with E-state index in [0.717, 1.165) is 0 Å². The molecular formula is C25H39N7O7. The van der Waals surface area contributed by atoms with E-state index in [9.17, 15) is 33.9 Å². The molecule has 39 heavy (non-hydrogen) atoms. The van der Waals surface area contributed by atoms with Crippen LogP contribution in [0, 0.1) is 0 Å². The number of nitrogens with one attached hydrogen (secondary N) is 3. The number of primary amides is 2. The molecule has 0 aliphatic heterocycles. The highest BCUT2D eigenvalue weighted by molar-refractivity contribution is 5.94. The maximum absolute atomic E-state index is 13.3. The molecule has 0 radical (unpaired) electrons. The van der Waals surface area contributed by atoms with Crippen molar-refractivity contribution in [1.82, 2.24) is 16.0 Å². The lowest BCUT2D eigenvalue weighted by molar-refractivity contribution is -0.142. The predicted octanol–water partition coefficient (Wildman–Crippen LogP) is -2.24. The highest BCUT2D eigenvalue weighted by atomic mass is 16.4. The van der Waals surface area contributed by atoms with E-state index in [0.29, 0.717) is 31.4 Å². The summed E-state index contributed by atoms with van der Waals surface area (Å²) in [6, 6.07) is 3.93. The first kappa shape index (κ1) is 33.0. The van der Waals surface area contributed by atoms with Gasteiger partial charge in [0, 0.05) is 19.3 Å². The van der Waals surface area contributed by atoms with Gasteiger partial charge in [0.15, 0.2) is 0 Å². The maximum Gasteiger partial charge on any atom is 0.326 e. The molecule has 0 aliphatic rings. The van der Waals surface area contributed by atoms with Crippen LogP contribution < -0.4 is 38.9 Å². The second-order valence-electron chi connectivity index (χ2n) is 9.11. The highest BCUT2D eigenvalue weighted by Gasteiger charge is 2.30. The van der Waals surface area contributed by atoms with Gasteiger partial charge in [-0.2, -0.15) is 0 Å². The minimum absolute atomic E-state index is 0.0639.